The van der Waals surface area contributed by atoms with Gasteiger partial charge in [-0.25, -0.2) is 8.78 Å². The van der Waals surface area contributed by atoms with Crippen LogP contribution >= 0.6 is 12.4 Å². The summed E-state index contributed by atoms with van der Waals surface area (Å²) in [5.41, 5.74) is 1.76. The molecule has 2 aliphatic rings. The molecule has 2 aromatic rings. The molecule has 0 saturated carbocycles. The van der Waals surface area contributed by atoms with Crippen LogP contribution in [-0.2, 0) is 4.79 Å². The molecule has 0 aliphatic carbocycles. The van der Waals surface area contributed by atoms with E-state index < -0.39 is 0 Å². The van der Waals surface area contributed by atoms with Gasteiger partial charge in [-0.2, -0.15) is 0 Å². The van der Waals surface area contributed by atoms with Gasteiger partial charge in [-0.15, -0.1) is 12.4 Å². The Hall–Kier alpha value is -1.98. The van der Waals surface area contributed by atoms with E-state index in [0.717, 1.165) is 12.0 Å². The van der Waals surface area contributed by atoms with Crippen LogP contribution in [0.4, 0.5) is 8.78 Å². The molecule has 0 unspecified atom stereocenters. The van der Waals surface area contributed by atoms with Crippen LogP contribution in [0, 0.1) is 11.6 Å². The highest BCUT2D eigenvalue weighted by atomic mass is 35.5. The number of nitrogens with one attached hydrogen (secondary N) is 1. The molecule has 2 saturated heterocycles. The van der Waals surface area contributed by atoms with Crippen molar-refractivity contribution in [3.63, 3.8) is 0 Å². The summed E-state index contributed by atoms with van der Waals surface area (Å²) in [6.45, 7) is 1.99. The summed E-state index contributed by atoms with van der Waals surface area (Å²) in [4.78, 5) is 14.7. The van der Waals surface area contributed by atoms with Gasteiger partial charge in [0.05, 0.1) is 6.04 Å². The molecule has 2 aliphatic heterocycles. The zero-order chi connectivity index (χ0) is 18.1. The van der Waals surface area contributed by atoms with E-state index in [1.807, 2.05) is 11.0 Å². The normalized spacial score (nSPS) is 24.7. The molecule has 0 spiro atoms. The van der Waals surface area contributed by atoms with E-state index in [2.05, 4.69) is 5.32 Å². The number of benzene rings is 2. The zero-order valence-corrected chi connectivity index (χ0v) is 15.7. The third-order valence-corrected chi connectivity index (χ3v) is 5.62. The minimum absolute atomic E-state index is 0. The quantitative estimate of drug-likeness (QED) is 0.860. The number of amides is 1. The SMILES string of the molecule is Cl.O=C([C@@H]1C[C@H](c2ccccc2F)CN1)N1CC[C@H](c2ccc(F)cc2)C1. The maximum Gasteiger partial charge on any atom is 0.239 e. The summed E-state index contributed by atoms with van der Waals surface area (Å²) < 4.78 is 27.1. The van der Waals surface area contributed by atoms with Crippen LogP contribution in [-0.4, -0.2) is 36.5 Å². The van der Waals surface area contributed by atoms with Crippen molar-refractivity contribution in [3.8, 4) is 0 Å². The van der Waals surface area contributed by atoms with Crippen LogP contribution in [0.3, 0.4) is 0 Å². The van der Waals surface area contributed by atoms with Gasteiger partial charge in [-0.3, -0.25) is 4.79 Å². The highest BCUT2D eigenvalue weighted by Crippen LogP contribution is 2.31. The highest BCUT2D eigenvalue weighted by molar-refractivity contribution is 5.85. The first kappa shape index (κ1) is 19.8. The zero-order valence-electron chi connectivity index (χ0n) is 14.9. The van der Waals surface area contributed by atoms with Gasteiger partial charge in [0, 0.05) is 31.5 Å². The fourth-order valence-electron chi connectivity index (χ4n) is 4.15. The molecule has 2 aromatic carbocycles. The number of carbonyl (C=O) groups is 1. The topological polar surface area (TPSA) is 32.3 Å². The molecular weight excluding hydrogens is 370 g/mol. The minimum atomic E-state index is -0.258. The van der Waals surface area contributed by atoms with Crippen molar-refractivity contribution in [1.29, 1.82) is 0 Å². The van der Waals surface area contributed by atoms with E-state index in [0.29, 0.717) is 31.6 Å². The Morgan fingerprint density at radius 2 is 1.78 bits per heavy atom. The van der Waals surface area contributed by atoms with Crippen molar-refractivity contribution < 1.29 is 13.6 Å². The second-order valence-corrected chi connectivity index (χ2v) is 7.24. The average molecular weight is 393 g/mol. The Morgan fingerprint density at radius 3 is 2.52 bits per heavy atom. The molecule has 0 aromatic heterocycles. The first-order valence-electron chi connectivity index (χ1n) is 9.14. The lowest BCUT2D eigenvalue weighted by Crippen LogP contribution is -2.42. The number of likely N-dealkylation sites (tertiary alicyclic amines) is 1. The van der Waals surface area contributed by atoms with Gasteiger partial charge in [0.2, 0.25) is 5.91 Å². The Bertz CT molecular complexity index is 799. The summed E-state index contributed by atoms with van der Waals surface area (Å²) in [5.74, 6) is -0.0728. The van der Waals surface area contributed by atoms with Gasteiger partial charge in [-0.1, -0.05) is 30.3 Å². The number of nitrogens with zero attached hydrogens (tertiary/aromatic N) is 1. The van der Waals surface area contributed by atoms with Crippen molar-refractivity contribution in [3.05, 3.63) is 71.3 Å². The van der Waals surface area contributed by atoms with Crippen molar-refractivity contribution in [2.75, 3.05) is 19.6 Å². The van der Waals surface area contributed by atoms with Crippen molar-refractivity contribution >= 4 is 18.3 Å². The molecule has 4 rings (SSSR count). The molecule has 1 amide bonds. The number of hydrogen-bond donors (Lipinski definition) is 1. The van der Waals surface area contributed by atoms with Gasteiger partial charge >= 0.3 is 0 Å². The van der Waals surface area contributed by atoms with Crippen molar-refractivity contribution in [1.82, 2.24) is 10.2 Å². The maximum absolute atomic E-state index is 14.0. The summed E-state index contributed by atoms with van der Waals surface area (Å²) in [7, 11) is 0. The summed E-state index contributed by atoms with van der Waals surface area (Å²) in [5, 5.41) is 3.26. The average Bonchev–Trinajstić information content (AvgIpc) is 3.32. The Labute approximate surface area is 164 Å². The number of carbonyl (C=O) groups excluding carboxylic acids is 1. The molecule has 144 valence electrons. The van der Waals surface area contributed by atoms with E-state index in [1.54, 1.807) is 24.3 Å². The lowest BCUT2D eigenvalue weighted by Gasteiger charge is -2.21. The maximum atomic E-state index is 14.0. The largest absolute Gasteiger partial charge is 0.341 e. The molecular formula is C21H23ClF2N2O. The predicted octanol–water partition coefficient (Wildman–Crippen LogP) is 3.85. The van der Waals surface area contributed by atoms with Crippen molar-refractivity contribution in [2.24, 2.45) is 0 Å². The van der Waals surface area contributed by atoms with E-state index in [9.17, 15) is 13.6 Å². The molecule has 0 bridgehead atoms. The second-order valence-electron chi connectivity index (χ2n) is 7.24. The van der Waals surface area contributed by atoms with Gasteiger partial charge in [0.1, 0.15) is 11.6 Å². The third-order valence-electron chi connectivity index (χ3n) is 5.62. The fourth-order valence-corrected chi connectivity index (χ4v) is 4.15. The molecule has 1 N–H and O–H groups in total. The van der Waals surface area contributed by atoms with E-state index in [1.165, 1.54) is 18.2 Å². The first-order valence-corrected chi connectivity index (χ1v) is 9.14. The molecule has 27 heavy (non-hydrogen) atoms. The van der Waals surface area contributed by atoms with E-state index >= 15 is 0 Å². The number of rotatable bonds is 3. The lowest BCUT2D eigenvalue weighted by molar-refractivity contribution is -0.132. The van der Waals surface area contributed by atoms with Crippen LogP contribution in [0.5, 0.6) is 0 Å². The van der Waals surface area contributed by atoms with Gasteiger partial charge < -0.3 is 10.2 Å². The smallest absolute Gasteiger partial charge is 0.239 e. The lowest BCUT2D eigenvalue weighted by atomic mass is 9.95. The fraction of sp³-hybridized carbons (Fsp3) is 0.381. The number of halogens is 3. The summed E-state index contributed by atoms with van der Waals surface area (Å²) in [6, 6.07) is 13.1. The summed E-state index contributed by atoms with van der Waals surface area (Å²) >= 11 is 0. The monoisotopic (exact) mass is 392 g/mol. The van der Waals surface area contributed by atoms with Crippen LogP contribution in [0.15, 0.2) is 48.5 Å². The molecule has 3 nitrogen and oxygen atoms in total. The van der Waals surface area contributed by atoms with E-state index in [4.69, 9.17) is 0 Å². The Balaban J connectivity index is 0.00000210. The van der Waals surface area contributed by atoms with Crippen molar-refractivity contribution in [2.45, 2.75) is 30.7 Å². The minimum Gasteiger partial charge on any atom is -0.341 e. The van der Waals surface area contributed by atoms with E-state index in [-0.39, 0.29) is 47.8 Å². The predicted molar refractivity (Wildman–Crippen MR) is 103 cm³/mol. The first-order chi connectivity index (χ1) is 12.6. The highest BCUT2D eigenvalue weighted by Gasteiger charge is 2.36. The van der Waals surface area contributed by atoms with Crippen LogP contribution in [0.1, 0.15) is 35.8 Å². The van der Waals surface area contributed by atoms with Gasteiger partial charge in [0.15, 0.2) is 0 Å². The van der Waals surface area contributed by atoms with Crippen LogP contribution in [0.25, 0.3) is 0 Å². The molecule has 0 radical (unpaired) electrons. The molecule has 2 heterocycles. The van der Waals surface area contributed by atoms with Gasteiger partial charge in [-0.05, 0) is 42.2 Å². The van der Waals surface area contributed by atoms with Crippen LogP contribution in [0.2, 0.25) is 0 Å². The molecule has 2 fully saturated rings. The third kappa shape index (κ3) is 4.14. The number of hydrogen-bond acceptors (Lipinski definition) is 2. The second kappa shape index (κ2) is 8.36. The molecule has 3 atom stereocenters. The Morgan fingerprint density at radius 1 is 1.04 bits per heavy atom. The molecule has 6 heteroatoms. The Kier molecular flexibility index (Phi) is 6.12. The van der Waals surface area contributed by atoms with Gasteiger partial charge in [0.25, 0.3) is 0 Å². The van der Waals surface area contributed by atoms with Crippen LogP contribution < -0.4 is 5.32 Å². The summed E-state index contributed by atoms with van der Waals surface area (Å²) in [6.07, 6.45) is 1.51. The standard InChI is InChI=1S/C21H22F2N2O.ClH/c22-17-7-5-14(6-8-17)15-9-10-25(13-15)21(26)20-11-16(12-24-20)18-3-1-2-4-19(18)23;/h1-8,15-16,20,24H,9-13H2;1H/t15-,16-,20-;/m0./s1.